The zero-order valence-electron chi connectivity index (χ0n) is 14.9. The minimum Gasteiger partial charge on any atom is -0.489 e. The van der Waals surface area contributed by atoms with E-state index in [-0.39, 0.29) is 11.9 Å². The molecule has 5 nitrogen and oxygen atoms in total. The van der Waals surface area contributed by atoms with Crippen molar-refractivity contribution in [3.63, 3.8) is 0 Å². The highest BCUT2D eigenvalue weighted by Crippen LogP contribution is 2.14. The Balaban J connectivity index is 1.81. The molecule has 1 heterocycles. The summed E-state index contributed by atoms with van der Waals surface area (Å²) < 4.78 is 19.1. The number of nitrogens with zero attached hydrogens (tertiary/aromatic N) is 2. The monoisotopic (exact) mass is 364 g/mol. The van der Waals surface area contributed by atoms with Gasteiger partial charge in [0.25, 0.3) is 0 Å². The third kappa shape index (κ3) is 6.34. The van der Waals surface area contributed by atoms with E-state index in [9.17, 15) is 4.39 Å². The molecule has 0 saturated heterocycles. The third-order valence-electron chi connectivity index (χ3n) is 3.61. The van der Waals surface area contributed by atoms with Gasteiger partial charge in [0.1, 0.15) is 17.7 Å². The molecule has 0 aliphatic carbocycles. The fourth-order valence-electron chi connectivity index (χ4n) is 2.20. The SMILES string of the molecule is CCc1nc(CNC(=NC)NCC(CC)Oc2cccc(F)c2)cs1. The van der Waals surface area contributed by atoms with Crippen LogP contribution in [0.1, 0.15) is 31.0 Å². The summed E-state index contributed by atoms with van der Waals surface area (Å²) in [5.41, 5.74) is 1.01. The molecular formula is C18H25FN4OS. The Bertz CT molecular complexity index is 689. The summed E-state index contributed by atoms with van der Waals surface area (Å²) >= 11 is 1.67. The first-order valence-electron chi connectivity index (χ1n) is 8.44. The number of nitrogens with one attached hydrogen (secondary N) is 2. The van der Waals surface area contributed by atoms with Crippen molar-refractivity contribution in [2.75, 3.05) is 13.6 Å². The lowest BCUT2D eigenvalue weighted by Crippen LogP contribution is -2.42. The summed E-state index contributed by atoms with van der Waals surface area (Å²) in [6.45, 7) is 5.32. The first-order chi connectivity index (χ1) is 12.1. The molecule has 0 amide bonds. The van der Waals surface area contributed by atoms with Crippen molar-refractivity contribution in [3.05, 3.63) is 46.2 Å². The Morgan fingerprint density at radius 2 is 2.20 bits per heavy atom. The van der Waals surface area contributed by atoms with Crippen molar-refractivity contribution in [1.82, 2.24) is 15.6 Å². The summed E-state index contributed by atoms with van der Waals surface area (Å²) in [7, 11) is 1.72. The van der Waals surface area contributed by atoms with Crippen LogP contribution in [0.5, 0.6) is 5.75 Å². The van der Waals surface area contributed by atoms with E-state index in [2.05, 4.69) is 32.9 Å². The van der Waals surface area contributed by atoms with Crippen molar-refractivity contribution in [1.29, 1.82) is 0 Å². The van der Waals surface area contributed by atoms with E-state index in [0.29, 0.717) is 24.8 Å². The summed E-state index contributed by atoms with van der Waals surface area (Å²) in [5, 5.41) is 9.68. The highest BCUT2D eigenvalue weighted by atomic mass is 32.1. The third-order valence-corrected chi connectivity index (χ3v) is 4.66. The molecule has 2 N–H and O–H groups in total. The lowest BCUT2D eigenvalue weighted by Gasteiger charge is -2.19. The van der Waals surface area contributed by atoms with Crippen LogP contribution in [0.15, 0.2) is 34.6 Å². The van der Waals surface area contributed by atoms with Crippen LogP contribution < -0.4 is 15.4 Å². The maximum absolute atomic E-state index is 13.2. The van der Waals surface area contributed by atoms with Gasteiger partial charge in [0.15, 0.2) is 5.96 Å². The number of thiazole rings is 1. The summed E-state index contributed by atoms with van der Waals surface area (Å²) in [5.74, 6) is 0.922. The quantitative estimate of drug-likeness (QED) is 0.557. The molecule has 0 radical (unpaired) electrons. The van der Waals surface area contributed by atoms with Gasteiger partial charge in [0.05, 0.1) is 23.8 Å². The second kappa shape index (κ2) is 9.98. The standard InChI is InChI=1S/C18H25FN4OS/c1-4-15(24-16-8-6-7-13(19)9-16)11-22-18(20-3)21-10-14-12-25-17(5-2)23-14/h6-9,12,15H,4-5,10-11H2,1-3H3,(H2,20,21,22). The van der Waals surface area contributed by atoms with Gasteiger partial charge >= 0.3 is 0 Å². The van der Waals surface area contributed by atoms with Crippen molar-refractivity contribution in [3.8, 4) is 5.75 Å². The number of benzene rings is 1. The van der Waals surface area contributed by atoms with E-state index >= 15 is 0 Å². The normalized spacial score (nSPS) is 12.7. The van der Waals surface area contributed by atoms with E-state index < -0.39 is 0 Å². The summed E-state index contributed by atoms with van der Waals surface area (Å²) in [4.78, 5) is 8.74. The molecule has 0 saturated carbocycles. The maximum atomic E-state index is 13.2. The molecule has 2 rings (SSSR count). The Labute approximate surface area is 152 Å². The molecule has 0 spiro atoms. The first-order valence-corrected chi connectivity index (χ1v) is 9.32. The molecule has 2 aromatic rings. The van der Waals surface area contributed by atoms with Crippen LogP contribution in [0.4, 0.5) is 4.39 Å². The second-order valence-electron chi connectivity index (χ2n) is 5.50. The van der Waals surface area contributed by atoms with E-state index in [0.717, 1.165) is 23.5 Å². The lowest BCUT2D eigenvalue weighted by molar-refractivity contribution is 0.198. The summed E-state index contributed by atoms with van der Waals surface area (Å²) in [6, 6.07) is 6.19. The topological polar surface area (TPSA) is 58.5 Å². The Morgan fingerprint density at radius 3 is 2.84 bits per heavy atom. The van der Waals surface area contributed by atoms with Gasteiger partial charge in [-0.2, -0.15) is 0 Å². The molecule has 136 valence electrons. The number of aryl methyl sites for hydroxylation is 1. The zero-order chi connectivity index (χ0) is 18.1. The van der Waals surface area contributed by atoms with Crippen LogP contribution in [0.2, 0.25) is 0 Å². The van der Waals surface area contributed by atoms with Gasteiger partial charge in [0.2, 0.25) is 0 Å². The smallest absolute Gasteiger partial charge is 0.191 e. The molecule has 0 aliphatic rings. The number of hydrogen-bond acceptors (Lipinski definition) is 4. The Kier molecular flexibility index (Phi) is 7.66. The number of rotatable bonds is 8. The molecule has 1 aromatic heterocycles. The van der Waals surface area contributed by atoms with Crippen LogP contribution in [0.25, 0.3) is 0 Å². The van der Waals surface area contributed by atoms with Crippen LogP contribution in [-0.4, -0.2) is 30.6 Å². The Hall–Kier alpha value is -2.15. The van der Waals surface area contributed by atoms with Gasteiger partial charge in [-0.3, -0.25) is 4.99 Å². The molecular weight excluding hydrogens is 339 g/mol. The molecule has 1 unspecified atom stereocenters. The van der Waals surface area contributed by atoms with E-state index in [4.69, 9.17) is 4.74 Å². The minimum atomic E-state index is -0.299. The second-order valence-corrected chi connectivity index (χ2v) is 6.44. The van der Waals surface area contributed by atoms with Gasteiger partial charge < -0.3 is 15.4 Å². The largest absolute Gasteiger partial charge is 0.489 e. The van der Waals surface area contributed by atoms with Gasteiger partial charge in [-0.05, 0) is 25.0 Å². The van der Waals surface area contributed by atoms with E-state index in [1.807, 2.05) is 6.92 Å². The van der Waals surface area contributed by atoms with Crippen molar-refractivity contribution in [2.45, 2.75) is 39.3 Å². The number of aromatic nitrogens is 1. The molecule has 1 atom stereocenters. The fourth-order valence-corrected chi connectivity index (χ4v) is 2.94. The number of guanidine groups is 1. The van der Waals surface area contributed by atoms with Gasteiger partial charge in [0, 0.05) is 18.5 Å². The predicted octanol–water partition coefficient (Wildman–Crippen LogP) is 3.37. The molecule has 0 fully saturated rings. The number of halogens is 1. The molecule has 0 bridgehead atoms. The van der Waals surface area contributed by atoms with Gasteiger partial charge in [-0.1, -0.05) is 19.9 Å². The van der Waals surface area contributed by atoms with Crippen molar-refractivity contribution >= 4 is 17.3 Å². The van der Waals surface area contributed by atoms with Gasteiger partial charge in [-0.25, -0.2) is 9.37 Å². The van der Waals surface area contributed by atoms with Crippen LogP contribution >= 0.6 is 11.3 Å². The number of aliphatic imine (C=N–C) groups is 1. The predicted molar refractivity (Wildman–Crippen MR) is 101 cm³/mol. The van der Waals surface area contributed by atoms with Crippen molar-refractivity contribution in [2.24, 2.45) is 4.99 Å². The van der Waals surface area contributed by atoms with Crippen molar-refractivity contribution < 1.29 is 9.13 Å². The van der Waals surface area contributed by atoms with Crippen LogP contribution in [0.3, 0.4) is 0 Å². The average molecular weight is 364 g/mol. The fraction of sp³-hybridized carbons (Fsp3) is 0.444. The molecule has 25 heavy (non-hydrogen) atoms. The number of hydrogen-bond donors (Lipinski definition) is 2. The maximum Gasteiger partial charge on any atom is 0.191 e. The van der Waals surface area contributed by atoms with Crippen LogP contribution in [-0.2, 0) is 13.0 Å². The number of ether oxygens (including phenoxy) is 1. The Morgan fingerprint density at radius 1 is 1.36 bits per heavy atom. The highest BCUT2D eigenvalue weighted by molar-refractivity contribution is 7.09. The molecule has 0 aliphatic heterocycles. The van der Waals surface area contributed by atoms with E-state index in [1.165, 1.54) is 12.1 Å². The zero-order valence-corrected chi connectivity index (χ0v) is 15.7. The average Bonchev–Trinajstić information content (AvgIpc) is 3.09. The minimum absolute atomic E-state index is 0.0775. The summed E-state index contributed by atoms with van der Waals surface area (Å²) in [6.07, 6.45) is 1.67. The first kappa shape index (κ1) is 19.2. The molecule has 1 aromatic carbocycles. The molecule has 7 heteroatoms. The lowest BCUT2D eigenvalue weighted by atomic mass is 10.2. The van der Waals surface area contributed by atoms with Gasteiger partial charge in [-0.15, -0.1) is 11.3 Å². The van der Waals surface area contributed by atoms with Crippen LogP contribution in [0, 0.1) is 5.82 Å². The highest BCUT2D eigenvalue weighted by Gasteiger charge is 2.10. The van der Waals surface area contributed by atoms with E-state index in [1.54, 1.807) is 30.5 Å².